The normalized spacial score (nSPS) is 19.6. The predicted molar refractivity (Wildman–Crippen MR) is 68.3 cm³/mol. The number of hydrogen-bond donors (Lipinski definition) is 2. The Morgan fingerprint density at radius 1 is 1.19 bits per heavy atom. The number of rotatable bonds is 3. The van der Waals surface area contributed by atoms with E-state index in [0.717, 1.165) is 18.3 Å². The number of hydrogen-bond acceptors (Lipinski definition) is 1. The summed E-state index contributed by atoms with van der Waals surface area (Å²) in [6.07, 6.45) is 7.02. The van der Waals surface area contributed by atoms with Crippen LogP contribution in [0.25, 0.3) is 0 Å². The summed E-state index contributed by atoms with van der Waals surface area (Å²) in [6.45, 7) is 1.07. The van der Waals surface area contributed by atoms with Crippen LogP contribution in [0.5, 0.6) is 0 Å². The van der Waals surface area contributed by atoms with Gasteiger partial charge >= 0.3 is 0 Å². The van der Waals surface area contributed by atoms with E-state index in [1.54, 1.807) is 4.90 Å². The third-order valence-corrected chi connectivity index (χ3v) is 3.83. The van der Waals surface area contributed by atoms with Gasteiger partial charge in [-0.3, -0.25) is 0 Å². The summed E-state index contributed by atoms with van der Waals surface area (Å²) in [6, 6.07) is 9.09. The molecule has 3 N–H and O–H groups in total. The third-order valence-electron chi connectivity index (χ3n) is 3.83. The molecule has 0 aliphatic heterocycles. The highest BCUT2D eigenvalue weighted by molar-refractivity contribution is 5.45. The maximum Gasteiger partial charge on any atom is 0.105 e. The van der Waals surface area contributed by atoms with E-state index in [4.69, 9.17) is 5.73 Å². The smallest absolute Gasteiger partial charge is 0.105 e. The quantitative estimate of drug-likeness (QED) is 0.744. The highest BCUT2D eigenvalue weighted by Gasteiger charge is 2.21. The van der Waals surface area contributed by atoms with Crippen molar-refractivity contribution in [2.75, 3.05) is 12.8 Å². The van der Waals surface area contributed by atoms with Gasteiger partial charge in [-0.05, 0) is 31.7 Å². The number of nitrogen functional groups attached to an aromatic ring is 1. The second kappa shape index (κ2) is 5.35. The molecule has 1 aromatic rings. The molecule has 88 valence electrons. The summed E-state index contributed by atoms with van der Waals surface area (Å²) in [7, 11) is 2.31. The molecule has 0 saturated heterocycles. The van der Waals surface area contributed by atoms with Gasteiger partial charge in [-0.25, -0.2) is 0 Å². The van der Waals surface area contributed by atoms with Crippen molar-refractivity contribution in [1.82, 2.24) is 0 Å². The number of quaternary nitrogens is 1. The summed E-state index contributed by atoms with van der Waals surface area (Å²) >= 11 is 0. The van der Waals surface area contributed by atoms with Crippen LogP contribution in [0, 0.1) is 0 Å². The lowest BCUT2D eigenvalue weighted by Gasteiger charge is -2.28. The standard InChI is InChI=1S/C14H22N2/c1-16(13-8-3-2-4-9-13)11-12-7-5-6-10-14(12)15/h5-7,10,13H,2-4,8-9,11,15H2,1H3/p+1. The molecule has 0 bridgehead atoms. The van der Waals surface area contributed by atoms with Crippen molar-refractivity contribution in [1.29, 1.82) is 0 Å². The van der Waals surface area contributed by atoms with Gasteiger partial charge in [0.2, 0.25) is 0 Å². The summed E-state index contributed by atoms with van der Waals surface area (Å²) < 4.78 is 0. The van der Waals surface area contributed by atoms with E-state index >= 15 is 0 Å². The van der Waals surface area contributed by atoms with Crippen molar-refractivity contribution in [3.05, 3.63) is 29.8 Å². The van der Waals surface area contributed by atoms with E-state index < -0.39 is 0 Å². The fourth-order valence-electron chi connectivity index (χ4n) is 2.74. The van der Waals surface area contributed by atoms with E-state index in [2.05, 4.69) is 19.2 Å². The van der Waals surface area contributed by atoms with Crippen molar-refractivity contribution in [2.24, 2.45) is 0 Å². The van der Waals surface area contributed by atoms with E-state index in [1.165, 1.54) is 37.7 Å². The summed E-state index contributed by atoms with van der Waals surface area (Å²) in [5.41, 5.74) is 8.22. The molecule has 1 unspecified atom stereocenters. The Morgan fingerprint density at radius 3 is 2.56 bits per heavy atom. The average Bonchev–Trinajstić information content (AvgIpc) is 2.33. The highest BCUT2D eigenvalue weighted by atomic mass is 15.1. The SMILES string of the molecule is C[NH+](Cc1ccccc1N)C1CCCCC1. The zero-order valence-electron chi connectivity index (χ0n) is 10.2. The molecule has 1 atom stereocenters. The minimum atomic E-state index is 0.841. The molecular formula is C14H23N2+. The first-order valence-corrected chi connectivity index (χ1v) is 6.43. The minimum absolute atomic E-state index is 0.841. The molecule has 1 aromatic carbocycles. The zero-order valence-corrected chi connectivity index (χ0v) is 10.2. The first-order valence-electron chi connectivity index (χ1n) is 6.43. The second-order valence-electron chi connectivity index (χ2n) is 5.06. The van der Waals surface area contributed by atoms with Crippen molar-refractivity contribution in [3.8, 4) is 0 Å². The Hall–Kier alpha value is -1.02. The number of nitrogens with one attached hydrogen (secondary N) is 1. The molecule has 2 heteroatoms. The maximum absolute atomic E-state index is 5.99. The van der Waals surface area contributed by atoms with Crippen LogP contribution in [0.15, 0.2) is 24.3 Å². The van der Waals surface area contributed by atoms with Gasteiger partial charge in [0.1, 0.15) is 6.54 Å². The Bertz CT molecular complexity index is 329. The first kappa shape index (κ1) is 11.5. The van der Waals surface area contributed by atoms with Gasteiger partial charge in [-0.2, -0.15) is 0 Å². The molecule has 1 aliphatic rings. The van der Waals surface area contributed by atoms with Gasteiger partial charge in [0.25, 0.3) is 0 Å². The minimum Gasteiger partial charge on any atom is -0.398 e. The van der Waals surface area contributed by atoms with Crippen molar-refractivity contribution in [3.63, 3.8) is 0 Å². The van der Waals surface area contributed by atoms with Crippen LogP contribution in [-0.4, -0.2) is 13.1 Å². The Kier molecular flexibility index (Phi) is 3.83. The van der Waals surface area contributed by atoms with Crippen molar-refractivity contribution < 1.29 is 4.90 Å². The molecule has 0 aromatic heterocycles. The van der Waals surface area contributed by atoms with Gasteiger partial charge in [0.05, 0.1) is 13.1 Å². The largest absolute Gasteiger partial charge is 0.398 e. The fraction of sp³-hybridized carbons (Fsp3) is 0.571. The molecule has 2 nitrogen and oxygen atoms in total. The van der Waals surface area contributed by atoms with Crippen molar-refractivity contribution in [2.45, 2.75) is 44.7 Å². The second-order valence-corrected chi connectivity index (χ2v) is 5.06. The molecule has 0 heterocycles. The zero-order chi connectivity index (χ0) is 11.4. The van der Waals surface area contributed by atoms with E-state index in [1.807, 2.05) is 12.1 Å². The van der Waals surface area contributed by atoms with E-state index in [9.17, 15) is 0 Å². The fourth-order valence-corrected chi connectivity index (χ4v) is 2.74. The van der Waals surface area contributed by atoms with Crippen LogP contribution in [0.4, 0.5) is 5.69 Å². The van der Waals surface area contributed by atoms with Crippen LogP contribution >= 0.6 is 0 Å². The number of anilines is 1. The number of benzene rings is 1. The van der Waals surface area contributed by atoms with E-state index in [0.29, 0.717) is 0 Å². The lowest BCUT2D eigenvalue weighted by molar-refractivity contribution is -0.921. The molecule has 1 saturated carbocycles. The van der Waals surface area contributed by atoms with Crippen molar-refractivity contribution >= 4 is 5.69 Å². The van der Waals surface area contributed by atoms with Gasteiger partial charge in [-0.15, -0.1) is 0 Å². The van der Waals surface area contributed by atoms with Gasteiger partial charge < -0.3 is 10.6 Å². The predicted octanol–water partition coefficient (Wildman–Crippen LogP) is 1.62. The molecule has 2 rings (SSSR count). The van der Waals surface area contributed by atoms with Crippen LogP contribution in [0.3, 0.4) is 0 Å². The molecule has 16 heavy (non-hydrogen) atoms. The summed E-state index contributed by atoms with van der Waals surface area (Å²) in [5.74, 6) is 0. The van der Waals surface area contributed by atoms with E-state index in [-0.39, 0.29) is 0 Å². The lowest BCUT2D eigenvalue weighted by Crippen LogP contribution is -3.11. The molecular weight excluding hydrogens is 196 g/mol. The van der Waals surface area contributed by atoms with Crippen LogP contribution in [0.1, 0.15) is 37.7 Å². The maximum atomic E-state index is 5.99. The van der Waals surface area contributed by atoms with Gasteiger partial charge in [0.15, 0.2) is 0 Å². The Balaban J connectivity index is 1.96. The molecule has 0 spiro atoms. The van der Waals surface area contributed by atoms with Crippen LogP contribution in [0.2, 0.25) is 0 Å². The monoisotopic (exact) mass is 219 g/mol. The topological polar surface area (TPSA) is 30.5 Å². The number of para-hydroxylation sites is 1. The molecule has 1 fully saturated rings. The molecule has 0 radical (unpaired) electrons. The molecule has 0 amide bonds. The van der Waals surface area contributed by atoms with Crippen LogP contribution < -0.4 is 10.6 Å². The Morgan fingerprint density at radius 2 is 1.88 bits per heavy atom. The van der Waals surface area contributed by atoms with Crippen LogP contribution in [-0.2, 0) is 6.54 Å². The summed E-state index contributed by atoms with van der Waals surface area (Å²) in [4.78, 5) is 1.62. The lowest BCUT2D eigenvalue weighted by atomic mass is 9.94. The third kappa shape index (κ3) is 2.76. The number of nitrogens with two attached hydrogens (primary N) is 1. The average molecular weight is 219 g/mol. The highest BCUT2D eigenvalue weighted by Crippen LogP contribution is 2.16. The molecule has 1 aliphatic carbocycles. The van der Waals surface area contributed by atoms with Gasteiger partial charge in [0, 0.05) is 11.3 Å². The summed E-state index contributed by atoms with van der Waals surface area (Å²) in [5, 5.41) is 0. The first-order chi connectivity index (χ1) is 7.77. The van der Waals surface area contributed by atoms with Gasteiger partial charge in [-0.1, -0.05) is 24.6 Å². The Labute approximate surface area is 98.4 Å².